The average molecular weight is 210 g/mol. The second kappa shape index (κ2) is 3.28. The van der Waals surface area contributed by atoms with Crippen molar-refractivity contribution in [3.05, 3.63) is 34.9 Å². The molecule has 1 saturated carbocycles. The zero-order chi connectivity index (χ0) is 10.2. The summed E-state index contributed by atoms with van der Waals surface area (Å²) in [5, 5.41) is 3.38. The predicted octanol–water partition coefficient (Wildman–Crippen LogP) is 2.12. The number of halogens is 1. The summed E-state index contributed by atoms with van der Waals surface area (Å²) >= 11 is 6.07. The fourth-order valence-electron chi connectivity index (χ4n) is 1.83. The number of hydrogen-bond donors (Lipinski definition) is 1. The van der Waals surface area contributed by atoms with E-state index in [4.69, 9.17) is 11.6 Å². The molecule has 0 spiro atoms. The Hall–Kier alpha value is -1.02. The number of nitrogens with one attached hydrogen (secondary N) is 1. The standard InChI is InChI=1S/C11H12ClNO/c1-13-10(14)11(6-7-11)8-4-2-3-5-9(8)12/h2-5H,6-7H2,1H3,(H,13,14). The van der Waals surface area contributed by atoms with Crippen molar-refractivity contribution in [1.82, 2.24) is 5.32 Å². The molecule has 1 aliphatic rings. The third-order valence-electron chi connectivity index (χ3n) is 2.80. The Kier molecular flexibility index (Phi) is 2.23. The maximum absolute atomic E-state index is 11.7. The molecule has 2 rings (SSSR count). The molecule has 3 heteroatoms. The number of carbonyl (C=O) groups excluding carboxylic acids is 1. The number of rotatable bonds is 2. The van der Waals surface area contributed by atoms with Gasteiger partial charge in [-0.1, -0.05) is 29.8 Å². The summed E-state index contributed by atoms with van der Waals surface area (Å²) in [5.74, 6) is 0.0746. The zero-order valence-corrected chi connectivity index (χ0v) is 8.77. The highest BCUT2D eigenvalue weighted by Gasteiger charge is 2.51. The second-order valence-electron chi connectivity index (χ2n) is 3.64. The lowest BCUT2D eigenvalue weighted by Gasteiger charge is -2.14. The van der Waals surface area contributed by atoms with Gasteiger partial charge in [-0.25, -0.2) is 0 Å². The van der Waals surface area contributed by atoms with Gasteiger partial charge in [0.1, 0.15) is 0 Å². The average Bonchev–Trinajstić information content (AvgIpc) is 2.98. The van der Waals surface area contributed by atoms with Gasteiger partial charge in [0, 0.05) is 12.1 Å². The first-order valence-corrected chi connectivity index (χ1v) is 5.06. The lowest BCUT2D eigenvalue weighted by atomic mass is 9.95. The minimum Gasteiger partial charge on any atom is -0.358 e. The molecule has 0 radical (unpaired) electrons. The van der Waals surface area contributed by atoms with Crippen LogP contribution in [0.5, 0.6) is 0 Å². The number of benzene rings is 1. The molecular formula is C11H12ClNO. The molecule has 0 heterocycles. The van der Waals surface area contributed by atoms with Crippen molar-refractivity contribution >= 4 is 17.5 Å². The second-order valence-corrected chi connectivity index (χ2v) is 4.05. The van der Waals surface area contributed by atoms with Crippen LogP contribution in [0.3, 0.4) is 0 Å². The molecule has 1 aromatic carbocycles. The van der Waals surface area contributed by atoms with Gasteiger partial charge in [0.15, 0.2) is 0 Å². The molecule has 1 aromatic rings. The summed E-state index contributed by atoms with van der Waals surface area (Å²) < 4.78 is 0. The van der Waals surface area contributed by atoms with Crippen LogP contribution < -0.4 is 5.32 Å². The van der Waals surface area contributed by atoms with E-state index in [1.54, 1.807) is 7.05 Å². The van der Waals surface area contributed by atoms with Gasteiger partial charge in [-0.2, -0.15) is 0 Å². The molecule has 1 N–H and O–H groups in total. The van der Waals surface area contributed by atoms with E-state index in [0.29, 0.717) is 5.02 Å². The van der Waals surface area contributed by atoms with Gasteiger partial charge in [0.2, 0.25) is 5.91 Å². The van der Waals surface area contributed by atoms with Gasteiger partial charge in [-0.05, 0) is 24.5 Å². The molecule has 1 aliphatic carbocycles. The quantitative estimate of drug-likeness (QED) is 0.795. The molecule has 1 amide bonds. The predicted molar refractivity (Wildman–Crippen MR) is 56.4 cm³/mol. The summed E-state index contributed by atoms with van der Waals surface area (Å²) in [6.07, 6.45) is 1.80. The van der Waals surface area contributed by atoms with Gasteiger partial charge in [0.05, 0.1) is 5.41 Å². The summed E-state index contributed by atoms with van der Waals surface area (Å²) in [7, 11) is 1.67. The van der Waals surface area contributed by atoms with E-state index in [9.17, 15) is 4.79 Å². The number of hydrogen-bond acceptors (Lipinski definition) is 1. The van der Waals surface area contributed by atoms with Crippen LogP contribution in [-0.2, 0) is 10.2 Å². The zero-order valence-electron chi connectivity index (χ0n) is 8.01. The molecule has 2 nitrogen and oxygen atoms in total. The van der Waals surface area contributed by atoms with Gasteiger partial charge in [-0.15, -0.1) is 0 Å². The lowest BCUT2D eigenvalue weighted by molar-refractivity contribution is -0.123. The molecule has 0 bridgehead atoms. The lowest BCUT2D eigenvalue weighted by Crippen LogP contribution is -2.32. The monoisotopic (exact) mass is 209 g/mol. The van der Waals surface area contributed by atoms with Crippen LogP contribution in [0.25, 0.3) is 0 Å². The first kappa shape index (κ1) is 9.53. The minimum atomic E-state index is -0.340. The molecule has 1 fully saturated rings. The van der Waals surface area contributed by atoms with Crippen LogP contribution in [0.1, 0.15) is 18.4 Å². The molecule has 0 saturated heterocycles. The van der Waals surface area contributed by atoms with Gasteiger partial charge in [0.25, 0.3) is 0 Å². The molecule has 14 heavy (non-hydrogen) atoms. The summed E-state index contributed by atoms with van der Waals surface area (Å²) in [5.41, 5.74) is 0.619. The van der Waals surface area contributed by atoms with Crippen LogP contribution in [0.15, 0.2) is 24.3 Å². The largest absolute Gasteiger partial charge is 0.358 e. The van der Waals surface area contributed by atoms with Gasteiger partial charge < -0.3 is 5.32 Å². The molecule has 0 aliphatic heterocycles. The van der Waals surface area contributed by atoms with Crippen molar-refractivity contribution < 1.29 is 4.79 Å². The van der Waals surface area contributed by atoms with Crippen molar-refractivity contribution in [3.8, 4) is 0 Å². The highest BCUT2D eigenvalue weighted by Crippen LogP contribution is 2.50. The van der Waals surface area contributed by atoms with E-state index in [0.717, 1.165) is 18.4 Å². The molecule has 0 aromatic heterocycles. The Balaban J connectivity index is 2.40. The smallest absolute Gasteiger partial charge is 0.230 e. The van der Waals surface area contributed by atoms with Crippen LogP contribution in [0.4, 0.5) is 0 Å². The van der Waals surface area contributed by atoms with E-state index in [2.05, 4.69) is 5.32 Å². The van der Waals surface area contributed by atoms with Crippen molar-refractivity contribution in [3.63, 3.8) is 0 Å². The van der Waals surface area contributed by atoms with Crippen LogP contribution in [-0.4, -0.2) is 13.0 Å². The van der Waals surface area contributed by atoms with Gasteiger partial charge in [-0.3, -0.25) is 4.79 Å². The summed E-state index contributed by atoms with van der Waals surface area (Å²) in [6, 6.07) is 7.57. The number of likely N-dealkylation sites (N-methyl/N-ethyl adjacent to an activating group) is 1. The van der Waals surface area contributed by atoms with Crippen molar-refractivity contribution in [2.24, 2.45) is 0 Å². The van der Waals surface area contributed by atoms with E-state index < -0.39 is 0 Å². The first-order valence-electron chi connectivity index (χ1n) is 4.68. The van der Waals surface area contributed by atoms with E-state index >= 15 is 0 Å². The van der Waals surface area contributed by atoms with Crippen LogP contribution in [0.2, 0.25) is 5.02 Å². The molecule has 0 unspecified atom stereocenters. The maximum atomic E-state index is 11.7. The van der Waals surface area contributed by atoms with E-state index in [1.165, 1.54) is 0 Å². The Morgan fingerprint density at radius 1 is 1.43 bits per heavy atom. The molecule has 0 atom stereocenters. The maximum Gasteiger partial charge on any atom is 0.230 e. The van der Waals surface area contributed by atoms with Crippen molar-refractivity contribution in [1.29, 1.82) is 0 Å². The molecular weight excluding hydrogens is 198 g/mol. The minimum absolute atomic E-state index is 0.0746. The number of amides is 1. The van der Waals surface area contributed by atoms with Crippen LogP contribution in [0, 0.1) is 0 Å². The third kappa shape index (κ3) is 1.30. The highest BCUT2D eigenvalue weighted by atomic mass is 35.5. The van der Waals surface area contributed by atoms with Crippen molar-refractivity contribution in [2.75, 3.05) is 7.05 Å². The third-order valence-corrected chi connectivity index (χ3v) is 3.13. The van der Waals surface area contributed by atoms with Crippen LogP contribution >= 0.6 is 11.6 Å². The topological polar surface area (TPSA) is 29.1 Å². The number of carbonyl (C=O) groups is 1. The fraction of sp³-hybridized carbons (Fsp3) is 0.364. The fourth-order valence-corrected chi connectivity index (χ4v) is 2.15. The molecule has 74 valence electrons. The van der Waals surface area contributed by atoms with E-state index in [-0.39, 0.29) is 11.3 Å². The highest BCUT2D eigenvalue weighted by molar-refractivity contribution is 6.31. The SMILES string of the molecule is CNC(=O)C1(c2ccccc2Cl)CC1. The first-order chi connectivity index (χ1) is 6.70. The normalized spacial score (nSPS) is 17.6. The Labute approximate surface area is 88.3 Å². The van der Waals surface area contributed by atoms with Gasteiger partial charge >= 0.3 is 0 Å². The Bertz CT molecular complexity index is 371. The van der Waals surface area contributed by atoms with E-state index in [1.807, 2.05) is 24.3 Å². The Morgan fingerprint density at radius 3 is 2.57 bits per heavy atom. The Morgan fingerprint density at radius 2 is 2.07 bits per heavy atom. The summed E-state index contributed by atoms with van der Waals surface area (Å²) in [6.45, 7) is 0. The summed E-state index contributed by atoms with van der Waals surface area (Å²) in [4.78, 5) is 11.7. The van der Waals surface area contributed by atoms with Crippen molar-refractivity contribution in [2.45, 2.75) is 18.3 Å².